The number of rotatable bonds is 6. The summed E-state index contributed by atoms with van der Waals surface area (Å²) in [7, 11) is 0. The molecule has 0 atom stereocenters. The first kappa shape index (κ1) is 15.9. The zero-order chi connectivity index (χ0) is 15.4. The number of hydrogen-bond donors (Lipinski definition) is 3. The third kappa shape index (κ3) is 3.69. The number of aromatic nitrogens is 2. The van der Waals surface area contributed by atoms with Gasteiger partial charge >= 0.3 is 12.0 Å². The molecule has 1 heterocycles. The Bertz CT molecular complexity index is 468. The number of carboxylic acid groups (broad SMARTS) is 1. The second-order valence-electron chi connectivity index (χ2n) is 5.52. The number of nitrogens with one attached hydrogen (secondary N) is 2. The average Bonchev–Trinajstić information content (AvgIpc) is 2.80. The second kappa shape index (κ2) is 5.89. The number of carboxylic acids is 1. The molecular weight excluding hydrogens is 264 g/mol. The molecule has 8 heteroatoms. The monoisotopic (exact) mass is 284 g/mol. The summed E-state index contributed by atoms with van der Waals surface area (Å²) in [5.74, 6) is -0.552. The molecule has 0 unspecified atom stereocenters. The molecule has 3 N–H and O–H groups in total. The van der Waals surface area contributed by atoms with Gasteiger partial charge in [-0.25, -0.2) is 4.79 Å². The molecule has 1 aromatic heterocycles. The van der Waals surface area contributed by atoms with Gasteiger partial charge in [0.15, 0.2) is 6.33 Å². The first-order valence-electron chi connectivity index (χ1n) is 6.22. The van der Waals surface area contributed by atoms with E-state index in [0.29, 0.717) is 18.9 Å². The molecule has 0 fully saturated rings. The van der Waals surface area contributed by atoms with Crippen LogP contribution >= 0.6 is 0 Å². The van der Waals surface area contributed by atoms with E-state index in [9.17, 15) is 14.7 Å². The highest BCUT2D eigenvalue weighted by Crippen LogP contribution is 2.30. The van der Waals surface area contributed by atoms with Crippen LogP contribution in [0.4, 0.5) is 4.79 Å². The van der Waals surface area contributed by atoms with Crippen LogP contribution in [0.2, 0.25) is 0 Å². The predicted octanol–water partition coefficient (Wildman–Crippen LogP) is 0.801. The van der Waals surface area contributed by atoms with E-state index < -0.39 is 23.0 Å². The van der Waals surface area contributed by atoms with Crippen molar-refractivity contribution < 1.29 is 19.2 Å². The summed E-state index contributed by atoms with van der Waals surface area (Å²) in [4.78, 5) is 26.8. The predicted molar refractivity (Wildman–Crippen MR) is 70.0 cm³/mol. The maximum atomic E-state index is 11.8. The highest BCUT2D eigenvalue weighted by molar-refractivity contribution is 5.79. The third-order valence-corrected chi connectivity index (χ3v) is 3.55. The van der Waals surface area contributed by atoms with Gasteiger partial charge in [-0.3, -0.25) is 4.79 Å². The molecule has 20 heavy (non-hydrogen) atoms. The molecule has 112 valence electrons. The number of urea groups is 1. The largest absolute Gasteiger partial charge is 0.481 e. The SMILES string of the molecule is CC(C)(NC(=O)NCCc1ncno1)C(C)(C)C(=O)O. The molecule has 1 aromatic rings. The Kier molecular flexibility index (Phi) is 4.69. The van der Waals surface area contributed by atoms with Gasteiger partial charge < -0.3 is 20.3 Å². The number of carbonyl (C=O) groups is 2. The topological polar surface area (TPSA) is 117 Å². The Hall–Kier alpha value is -2.12. The van der Waals surface area contributed by atoms with Crippen molar-refractivity contribution in [2.45, 2.75) is 39.7 Å². The van der Waals surface area contributed by atoms with Gasteiger partial charge in [-0.1, -0.05) is 5.16 Å². The molecule has 0 saturated carbocycles. The number of nitrogens with zero attached hydrogens (tertiary/aromatic N) is 2. The van der Waals surface area contributed by atoms with Crippen LogP contribution < -0.4 is 10.6 Å². The Morgan fingerprint density at radius 3 is 2.50 bits per heavy atom. The summed E-state index contributed by atoms with van der Waals surface area (Å²) in [6.45, 7) is 6.77. The molecule has 2 amide bonds. The van der Waals surface area contributed by atoms with E-state index in [1.807, 2.05) is 0 Å². The summed E-state index contributed by atoms with van der Waals surface area (Å²) in [6.07, 6.45) is 1.70. The van der Waals surface area contributed by atoms with E-state index in [-0.39, 0.29) is 0 Å². The molecule has 0 bridgehead atoms. The average molecular weight is 284 g/mol. The Balaban J connectivity index is 2.47. The fourth-order valence-corrected chi connectivity index (χ4v) is 1.34. The molecule has 0 aromatic carbocycles. The summed E-state index contributed by atoms with van der Waals surface area (Å²) in [6, 6.07) is -0.441. The van der Waals surface area contributed by atoms with Crippen LogP contribution in [0.25, 0.3) is 0 Å². The molecular formula is C12H20N4O4. The summed E-state index contributed by atoms with van der Waals surface area (Å²) in [5, 5.41) is 17.9. The zero-order valence-corrected chi connectivity index (χ0v) is 12.1. The van der Waals surface area contributed by atoms with Gasteiger partial charge in [0.1, 0.15) is 0 Å². The van der Waals surface area contributed by atoms with E-state index in [0.717, 1.165) is 0 Å². The van der Waals surface area contributed by atoms with Crippen molar-refractivity contribution in [3.05, 3.63) is 12.2 Å². The quantitative estimate of drug-likeness (QED) is 0.711. The van der Waals surface area contributed by atoms with E-state index in [4.69, 9.17) is 4.52 Å². The van der Waals surface area contributed by atoms with Gasteiger partial charge in [-0.15, -0.1) is 0 Å². The molecule has 0 saturated heterocycles. The lowest BCUT2D eigenvalue weighted by molar-refractivity contribution is -0.150. The number of amides is 2. The van der Waals surface area contributed by atoms with Gasteiger partial charge in [-0.05, 0) is 27.7 Å². The highest BCUT2D eigenvalue weighted by Gasteiger charge is 2.44. The first-order valence-corrected chi connectivity index (χ1v) is 6.22. The summed E-state index contributed by atoms with van der Waals surface area (Å²) >= 11 is 0. The molecule has 0 aliphatic heterocycles. The van der Waals surface area contributed by atoms with Crippen molar-refractivity contribution in [1.82, 2.24) is 20.8 Å². The lowest BCUT2D eigenvalue weighted by Crippen LogP contribution is -2.59. The number of aliphatic carboxylic acids is 1. The molecule has 0 aliphatic carbocycles. The Morgan fingerprint density at radius 2 is 2.00 bits per heavy atom. The van der Waals surface area contributed by atoms with Crippen LogP contribution in [0.15, 0.2) is 10.9 Å². The summed E-state index contributed by atoms with van der Waals surface area (Å²) in [5.41, 5.74) is -2.01. The van der Waals surface area contributed by atoms with E-state index in [1.54, 1.807) is 27.7 Å². The van der Waals surface area contributed by atoms with Crippen molar-refractivity contribution in [3.8, 4) is 0 Å². The number of carbonyl (C=O) groups excluding carboxylic acids is 1. The first-order chi connectivity index (χ1) is 9.17. The standard InChI is InChI=1S/C12H20N4O4/c1-11(2,9(17)18)12(3,4)16-10(19)13-6-5-8-14-7-15-20-8/h7H,5-6H2,1-4H3,(H,17,18)(H2,13,16,19). The van der Waals surface area contributed by atoms with Gasteiger partial charge in [0.2, 0.25) is 5.89 Å². The zero-order valence-electron chi connectivity index (χ0n) is 12.1. The van der Waals surface area contributed by atoms with Crippen LogP contribution in [-0.2, 0) is 11.2 Å². The van der Waals surface area contributed by atoms with Crippen molar-refractivity contribution in [3.63, 3.8) is 0 Å². The fraction of sp³-hybridized carbons (Fsp3) is 0.667. The fourth-order valence-electron chi connectivity index (χ4n) is 1.34. The van der Waals surface area contributed by atoms with Crippen molar-refractivity contribution in [2.75, 3.05) is 6.54 Å². The normalized spacial score (nSPS) is 12.0. The van der Waals surface area contributed by atoms with Crippen molar-refractivity contribution >= 4 is 12.0 Å². The minimum absolute atomic E-state index is 0.317. The van der Waals surface area contributed by atoms with Crippen molar-refractivity contribution in [2.24, 2.45) is 5.41 Å². The minimum atomic E-state index is -1.10. The second-order valence-corrected chi connectivity index (χ2v) is 5.52. The van der Waals surface area contributed by atoms with E-state index >= 15 is 0 Å². The lowest BCUT2D eigenvalue weighted by Gasteiger charge is -2.38. The molecule has 8 nitrogen and oxygen atoms in total. The van der Waals surface area contributed by atoms with Gasteiger partial charge in [0, 0.05) is 13.0 Å². The van der Waals surface area contributed by atoms with Crippen LogP contribution in [0.1, 0.15) is 33.6 Å². The third-order valence-electron chi connectivity index (χ3n) is 3.55. The summed E-state index contributed by atoms with van der Waals surface area (Å²) < 4.78 is 4.79. The maximum Gasteiger partial charge on any atom is 0.315 e. The maximum absolute atomic E-state index is 11.8. The molecule has 0 radical (unpaired) electrons. The Labute approximate surface area is 116 Å². The van der Waals surface area contributed by atoms with Crippen LogP contribution in [0.3, 0.4) is 0 Å². The highest BCUT2D eigenvalue weighted by atomic mass is 16.5. The van der Waals surface area contributed by atoms with E-state index in [2.05, 4.69) is 20.8 Å². The van der Waals surface area contributed by atoms with Crippen LogP contribution in [0.5, 0.6) is 0 Å². The minimum Gasteiger partial charge on any atom is -0.481 e. The van der Waals surface area contributed by atoms with E-state index in [1.165, 1.54) is 6.33 Å². The smallest absolute Gasteiger partial charge is 0.315 e. The van der Waals surface area contributed by atoms with Crippen LogP contribution in [0, 0.1) is 5.41 Å². The number of hydrogen-bond acceptors (Lipinski definition) is 5. The lowest BCUT2D eigenvalue weighted by atomic mass is 9.74. The van der Waals surface area contributed by atoms with Gasteiger partial charge in [0.25, 0.3) is 0 Å². The molecule has 1 rings (SSSR count). The van der Waals surface area contributed by atoms with Gasteiger partial charge in [-0.2, -0.15) is 4.98 Å². The van der Waals surface area contributed by atoms with Gasteiger partial charge in [0.05, 0.1) is 11.0 Å². The van der Waals surface area contributed by atoms with Crippen molar-refractivity contribution in [1.29, 1.82) is 0 Å². The molecule has 0 aliphatic rings. The molecule has 0 spiro atoms. The van der Waals surface area contributed by atoms with Crippen LogP contribution in [-0.4, -0.2) is 39.3 Å². The Morgan fingerprint density at radius 1 is 1.35 bits per heavy atom.